The molecular formula is C16H17NO2S. The van der Waals surface area contributed by atoms with Crippen LogP contribution in [0.25, 0.3) is 11.1 Å². The Labute approximate surface area is 121 Å². The molecule has 2 aromatic rings. The summed E-state index contributed by atoms with van der Waals surface area (Å²) in [7, 11) is -1.24. The maximum Gasteiger partial charge on any atom is 0.230 e. The normalized spacial score (nSPS) is 12.1. The molecular weight excluding hydrogens is 270 g/mol. The van der Waals surface area contributed by atoms with Crippen LogP contribution in [-0.4, -0.2) is 15.9 Å². The monoisotopic (exact) mass is 287 g/mol. The highest BCUT2D eigenvalue weighted by Crippen LogP contribution is 2.21. The first-order valence-corrected chi connectivity index (χ1v) is 7.82. The van der Waals surface area contributed by atoms with Gasteiger partial charge in [0.25, 0.3) is 0 Å². The summed E-state index contributed by atoms with van der Waals surface area (Å²) in [5, 5.41) is 0. The Morgan fingerprint density at radius 1 is 1.10 bits per heavy atom. The van der Waals surface area contributed by atoms with Gasteiger partial charge in [-0.05, 0) is 23.6 Å². The van der Waals surface area contributed by atoms with E-state index in [1.807, 2.05) is 31.2 Å². The SMILES string of the molecule is Cc1ccc(-c2cccc(CS(=O)CC(N)=O)c2)cc1. The van der Waals surface area contributed by atoms with Gasteiger partial charge >= 0.3 is 0 Å². The van der Waals surface area contributed by atoms with Gasteiger partial charge in [-0.2, -0.15) is 0 Å². The number of amides is 1. The van der Waals surface area contributed by atoms with Crippen molar-refractivity contribution >= 4 is 16.7 Å². The van der Waals surface area contributed by atoms with Gasteiger partial charge in [-0.3, -0.25) is 9.00 Å². The Kier molecular flexibility index (Phi) is 4.69. The van der Waals surface area contributed by atoms with Crippen LogP contribution >= 0.6 is 0 Å². The number of hydrogen-bond acceptors (Lipinski definition) is 2. The number of hydrogen-bond donors (Lipinski definition) is 1. The molecule has 0 saturated heterocycles. The maximum atomic E-state index is 11.7. The molecule has 0 saturated carbocycles. The van der Waals surface area contributed by atoms with Crippen molar-refractivity contribution < 1.29 is 9.00 Å². The number of carbonyl (C=O) groups excluding carboxylic acids is 1. The first-order chi connectivity index (χ1) is 9.54. The largest absolute Gasteiger partial charge is 0.369 e. The molecule has 0 aliphatic rings. The van der Waals surface area contributed by atoms with Crippen molar-refractivity contribution in [3.63, 3.8) is 0 Å². The van der Waals surface area contributed by atoms with Crippen LogP contribution in [0, 0.1) is 6.92 Å². The fourth-order valence-electron chi connectivity index (χ4n) is 1.98. The molecule has 104 valence electrons. The lowest BCUT2D eigenvalue weighted by Gasteiger charge is -2.06. The molecule has 0 radical (unpaired) electrons. The van der Waals surface area contributed by atoms with Crippen molar-refractivity contribution in [3.8, 4) is 11.1 Å². The Morgan fingerprint density at radius 3 is 2.45 bits per heavy atom. The van der Waals surface area contributed by atoms with Gasteiger partial charge in [0.15, 0.2) is 0 Å². The Balaban J connectivity index is 2.17. The van der Waals surface area contributed by atoms with Crippen molar-refractivity contribution in [2.75, 3.05) is 5.75 Å². The van der Waals surface area contributed by atoms with Gasteiger partial charge in [-0.1, -0.05) is 54.1 Å². The van der Waals surface area contributed by atoms with Crippen molar-refractivity contribution in [3.05, 3.63) is 59.7 Å². The summed E-state index contributed by atoms with van der Waals surface area (Å²) in [6, 6.07) is 16.1. The van der Waals surface area contributed by atoms with Gasteiger partial charge in [0.2, 0.25) is 5.91 Å². The number of aryl methyl sites for hydroxylation is 1. The first kappa shape index (κ1) is 14.5. The fourth-order valence-corrected chi connectivity index (χ4v) is 2.95. The van der Waals surface area contributed by atoms with Crippen LogP contribution in [0.4, 0.5) is 0 Å². The molecule has 4 heteroatoms. The zero-order chi connectivity index (χ0) is 14.5. The van der Waals surface area contributed by atoms with Crippen molar-refractivity contribution in [2.24, 2.45) is 5.73 Å². The topological polar surface area (TPSA) is 60.2 Å². The van der Waals surface area contributed by atoms with E-state index < -0.39 is 16.7 Å². The maximum absolute atomic E-state index is 11.7. The third-order valence-electron chi connectivity index (χ3n) is 2.94. The predicted molar refractivity (Wildman–Crippen MR) is 82.5 cm³/mol. The lowest BCUT2D eigenvalue weighted by Crippen LogP contribution is -2.20. The van der Waals surface area contributed by atoms with Crippen LogP contribution in [0.1, 0.15) is 11.1 Å². The van der Waals surface area contributed by atoms with E-state index in [1.54, 1.807) is 0 Å². The van der Waals surface area contributed by atoms with Crippen LogP contribution in [-0.2, 0) is 21.3 Å². The first-order valence-electron chi connectivity index (χ1n) is 6.34. The highest BCUT2D eigenvalue weighted by atomic mass is 32.2. The molecule has 2 aromatic carbocycles. The molecule has 1 atom stereocenters. The second-order valence-corrected chi connectivity index (χ2v) is 6.22. The van der Waals surface area contributed by atoms with E-state index in [0.29, 0.717) is 5.75 Å². The lowest BCUT2D eigenvalue weighted by molar-refractivity contribution is -0.115. The Bertz CT molecular complexity index is 635. The molecule has 0 aromatic heterocycles. The minimum atomic E-state index is -1.24. The Hall–Kier alpha value is -1.94. The molecule has 0 heterocycles. The van der Waals surface area contributed by atoms with Gasteiger partial charge in [-0.25, -0.2) is 0 Å². The van der Waals surface area contributed by atoms with Gasteiger partial charge in [0.1, 0.15) is 5.75 Å². The summed E-state index contributed by atoms with van der Waals surface area (Å²) in [5.41, 5.74) is 9.42. The summed E-state index contributed by atoms with van der Waals surface area (Å²) in [6.07, 6.45) is 0. The Morgan fingerprint density at radius 2 is 1.80 bits per heavy atom. The minimum absolute atomic E-state index is 0.0885. The van der Waals surface area contributed by atoms with Crippen LogP contribution in [0.3, 0.4) is 0 Å². The quantitative estimate of drug-likeness (QED) is 0.918. The second-order valence-electron chi connectivity index (χ2n) is 4.76. The average molecular weight is 287 g/mol. The molecule has 0 aliphatic heterocycles. The standard InChI is InChI=1S/C16H17NO2S/c1-12-5-7-14(8-6-12)15-4-2-3-13(9-15)10-20(19)11-16(17)18/h2-9H,10-11H2,1H3,(H2,17,18). The molecule has 0 spiro atoms. The van der Waals surface area contributed by atoms with Crippen LogP contribution in [0.2, 0.25) is 0 Å². The summed E-state index contributed by atoms with van der Waals surface area (Å²) < 4.78 is 11.7. The zero-order valence-electron chi connectivity index (χ0n) is 11.3. The molecule has 1 unspecified atom stereocenters. The van der Waals surface area contributed by atoms with Crippen LogP contribution in [0.5, 0.6) is 0 Å². The van der Waals surface area contributed by atoms with E-state index in [-0.39, 0.29) is 5.75 Å². The van der Waals surface area contributed by atoms with Crippen molar-refractivity contribution in [1.82, 2.24) is 0 Å². The zero-order valence-corrected chi connectivity index (χ0v) is 12.2. The summed E-state index contributed by atoms with van der Waals surface area (Å²) in [6.45, 7) is 2.05. The third kappa shape index (κ3) is 4.03. The highest BCUT2D eigenvalue weighted by Gasteiger charge is 2.06. The molecule has 1 amide bonds. The highest BCUT2D eigenvalue weighted by molar-refractivity contribution is 7.84. The van der Waals surface area contributed by atoms with E-state index in [2.05, 4.69) is 24.3 Å². The number of nitrogens with two attached hydrogens (primary N) is 1. The molecule has 0 bridgehead atoms. The molecule has 2 N–H and O–H groups in total. The summed E-state index contributed by atoms with van der Waals surface area (Å²) in [5.74, 6) is -0.268. The molecule has 2 rings (SSSR count). The van der Waals surface area contributed by atoms with E-state index in [4.69, 9.17) is 5.73 Å². The van der Waals surface area contributed by atoms with Crippen LogP contribution in [0.15, 0.2) is 48.5 Å². The van der Waals surface area contributed by atoms with Crippen LogP contribution < -0.4 is 5.73 Å². The third-order valence-corrected chi connectivity index (χ3v) is 4.20. The number of rotatable bonds is 5. The van der Waals surface area contributed by atoms with E-state index in [1.165, 1.54) is 5.56 Å². The summed E-state index contributed by atoms with van der Waals surface area (Å²) in [4.78, 5) is 10.7. The van der Waals surface area contributed by atoms with Crippen molar-refractivity contribution in [2.45, 2.75) is 12.7 Å². The van der Waals surface area contributed by atoms with E-state index >= 15 is 0 Å². The summed E-state index contributed by atoms with van der Waals surface area (Å²) >= 11 is 0. The van der Waals surface area contributed by atoms with Gasteiger partial charge in [0, 0.05) is 16.6 Å². The fraction of sp³-hybridized carbons (Fsp3) is 0.188. The minimum Gasteiger partial charge on any atom is -0.369 e. The van der Waals surface area contributed by atoms with E-state index in [0.717, 1.165) is 16.7 Å². The lowest BCUT2D eigenvalue weighted by atomic mass is 10.0. The molecule has 3 nitrogen and oxygen atoms in total. The van der Waals surface area contributed by atoms with E-state index in [9.17, 15) is 9.00 Å². The van der Waals surface area contributed by atoms with Gasteiger partial charge < -0.3 is 5.73 Å². The number of primary amides is 1. The number of carbonyl (C=O) groups is 1. The average Bonchev–Trinajstić information content (AvgIpc) is 2.38. The predicted octanol–water partition coefficient (Wildman–Crippen LogP) is 2.40. The van der Waals surface area contributed by atoms with Gasteiger partial charge in [-0.15, -0.1) is 0 Å². The second kappa shape index (κ2) is 6.48. The number of benzene rings is 2. The molecule has 0 aliphatic carbocycles. The molecule has 20 heavy (non-hydrogen) atoms. The smallest absolute Gasteiger partial charge is 0.230 e. The molecule has 0 fully saturated rings. The van der Waals surface area contributed by atoms with Crippen molar-refractivity contribution in [1.29, 1.82) is 0 Å². The van der Waals surface area contributed by atoms with Gasteiger partial charge in [0.05, 0.1) is 0 Å².